The second-order valence-corrected chi connectivity index (χ2v) is 10.2. The number of hydrogen-bond donors (Lipinski definition) is 3. The molecule has 1 saturated heterocycles. The molecule has 0 atom stereocenters. The third-order valence-electron chi connectivity index (χ3n) is 5.45. The summed E-state index contributed by atoms with van der Waals surface area (Å²) >= 11 is 0. The van der Waals surface area contributed by atoms with Crippen molar-refractivity contribution in [2.24, 2.45) is 0 Å². The molecule has 220 valence electrons. The van der Waals surface area contributed by atoms with Gasteiger partial charge < -0.3 is 15.5 Å². The van der Waals surface area contributed by atoms with E-state index in [1.807, 2.05) is 37.3 Å². The van der Waals surface area contributed by atoms with Crippen molar-refractivity contribution in [2.75, 3.05) is 26.2 Å². The lowest BCUT2D eigenvalue weighted by atomic mass is 10.1. The Bertz CT molecular complexity index is 1390. The predicted molar refractivity (Wildman–Crippen MR) is 131 cm³/mol. The van der Waals surface area contributed by atoms with Crippen LogP contribution in [0.2, 0.25) is 0 Å². The van der Waals surface area contributed by atoms with E-state index in [-0.39, 0.29) is 0 Å². The molecule has 1 aliphatic heterocycles. The van der Waals surface area contributed by atoms with Crippen molar-refractivity contribution < 1.29 is 54.6 Å². The van der Waals surface area contributed by atoms with Crippen molar-refractivity contribution in [2.45, 2.75) is 30.7 Å². The molecule has 1 fully saturated rings. The first-order valence-electron chi connectivity index (χ1n) is 11.4. The van der Waals surface area contributed by atoms with E-state index >= 15 is 0 Å². The zero-order valence-electron chi connectivity index (χ0n) is 20.8. The quantitative estimate of drug-likeness (QED) is 0.387. The molecule has 0 amide bonds. The molecule has 4 rings (SSSR count). The highest BCUT2D eigenvalue weighted by atomic mass is 32.2. The number of aliphatic carboxylic acids is 2. The largest absolute Gasteiger partial charge is 0.490 e. The maximum atomic E-state index is 13.1. The van der Waals surface area contributed by atoms with E-state index in [4.69, 9.17) is 19.8 Å². The Morgan fingerprint density at radius 2 is 1.38 bits per heavy atom. The summed E-state index contributed by atoms with van der Waals surface area (Å²) in [5, 5.41) is 18.6. The lowest BCUT2D eigenvalue weighted by Gasteiger charge is -2.27. The summed E-state index contributed by atoms with van der Waals surface area (Å²) in [6.45, 7) is 6.81. The summed E-state index contributed by atoms with van der Waals surface area (Å²) in [6.07, 6.45) is -8.50. The maximum Gasteiger partial charge on any atom is 0.490 e. The van der Waals surface area contributed by atoms with E-state index in [0.29, 0.717) is 4.90 Å². The first kappa shape index (κ1) is 32.6. The van der Waals surface area contributed by atoms with Gasteiger partial charge in [0.25, 0.3) is 10.0 Å². The second kappa shape index (κ2) is 13.1. The van der Waals surface area contributed by atoms with Gasteiger partial charge in [-0.2, -0.15) is 26.3 Å². The van der Waals surface area contributed by atoms with Crippen LogP contribution < -0.4 is 5.32 Å². The van der Waals surface area contributed by atoms with Gasteiger partial charge in [0.05, 0.1) is 10.4 Å². The van der Waals surface area contributed by atoms with Crippen molar-refractivity contribution in [3.8, 4) is 0 Å². The number of alkyl halides is 6. The summed E-state index contributed by atoms with van der Waals surface area (Å²) < 4.78 is 91.0. The molecule has 2 heterocycles. The van der Waals surface area contributed by atoms with Crippen LogP contribution in [0.1, 0.15) is 11.1 Å². The minimum absolute atomic E-state index is 0.313. The van der Waals surface area contributed by atoms with Gasteiger partial charge in [-0.1, -0.05) is 29.8 Å². The fraction of sp³-hybridized carbons (Fsp3) is 0.333. The fourth-order valence-corrected chi connectivity index (χ4v) is 4.83. The summed E-state index contributed by atoms with van der Waals surface area (Å²) in [5.74, 6) is -5.51. The highest BCUT2D eigenvalue weighted by molar-refractivity contribution is 7.90. The van der Waals surface area contributed by atoms with Gasteiger partial charge in [0.2, 0.25) is 0 Å². The average Bonchev–Trinajstić information content (AvgIpc) is 3.31. The molecule has 0 aliphatic carbocycles. The number of rotatable bonds is 4. The zero-order chi connectivity index (χ0) is 30.3. The summed E-state index contributed by atoms with van der Waals surface area (Å²) in [7, 11) is -3.60. The lowest BCUT2D eigenvalue weighted by Crippen LogP contribution is -2.42. The fourth-order valence-electron chi connectivity index (χ4n) is 3.49. The number of carboxylic acid groups (broad SMARTS) is 2. The number of benzene rings is 2. The molecule has 40 heavy (non-hydrogen) atoms. The molecule has 0 saturated carbocycles. The Balaban J connectivity index is 0.000000333. The Hall–Kier alpha value is -3.63. The third kappa shape index (κ3) is 8.96. The van der Waals surface area contributed by atoms with Gasteiger partial charge in [-0.15, -0.1) is 0 Å². The van der Waals surface area contributed by atoms with E-state index < -0.39 is 34.3 Å². The van der Waals surface area contributed by atoms with Crippen LogP contribution in [0.25, 0.3) is 10.9 Å². The molecule has 3 aromatic rings. The minimum Gasteiger partial charge on any atom is -0.475 e. The topological polar surface area (TPSA) is 129 Å². The number of aryl methyl sites for hydroxylation is 1. The first-order chi connectivity index (χ1) is 18.4. The van der Waals surface area contributed by atoms with Gasteiger partial charge in [-0.3, -0.25) is 4.90 Å². The first-order valence-corrected chi connectivity index (χ1v) is 12.8. The average molecular weight is 598 g/mol. The van der Waals surface area contributed by atoms with Crippen molar-refractivity contribution in [3.63, 3.8) is 0 Å². The number of nitrogens with zero attached hydrogens (tertiary/aromatic N) is 2. The smallest absolute Gasteiger partial charge is 0.475 e. The summed E-state index contributed by atoms with van der Waals surface area (Å²) in [4.78, 5) is 20.5. The molecular weight excluding hydrogens is 572 g/mol. The minimum atomic E-state index is -5.08. The van der Waals surface area contributed by atoms with Gasteiger partial charge in [0.1, 0.15) is 0 Å². The van der Waals surface area contributed by atoms with Crippen LogP contribution in [0.4, 0.5) is 26.3 Å². The number of nitrogens with one attached hydrogen (secondary N) is 1. The van der Waals surface area contributed by atoms with Gasteiger partial charge >= 0.3 is 24.3 Å². The highest BCUT2D eigenvalue weighted by Gasteiger charge is 2.38. The van der Waals surface area contributed by atoms with E-state index in [1.54, 1.807) is 18.3 Å². The number of fused-ring (bicyclic) bond motifs is 1. The standard InChI is InChI=1S/C20H23N3O2S.2C2HF3O2/c1-16-5-7-18(8-6-16)26(24,25)23-12-9-19-17(3-2-4-20(19)23)15-22-13-10-21-11-14-22;2*3-2(4,5)1(6)7/h2-9,12,21H,10-11,13-15H2,1H3;2*(H,6,7). The van der Waals surface area contributed by atoms with Gasteiger partial charge in [0, 0.05) is 44.3 Å². The molecule has 0 bridgehead atoms. The predicted octanol–water partition coefficient (Wildman–Crippen LogP) is 3.86. The van der Waals surface area contributed by atoms with E-state index in [0.717, 1.165) is 49.2 Å². The number of hydrogen-bond acceptors (Lipinski definition) is 6. The van der Waals surface area contributed by atoms with E-state index in [2.05, 4.69) is 16.3 Å². The SMILES string of the molecule is Cc1ccc(S(=O)(=O)n2ccc3c(CN4CCNCC4)cccc32)cc1.O=C(O)C(F)(F)F.O=C(O)C(F)(F)F. The van der Waals surface area contributed by atoms with Crippen LogP contribution in [0.5, 0.6) is 0 Å². The Morgan fingerprint density at radius 3 is 1.85 bits per heavy atom. The monoisotopic (exact) mass is 597 g/mol. The van der Waals surface area contributed by atoms with Crippen molar-refractivity contribution in [3.05, 3.63) is 65.9 Å². The van der Waals surface area contributed by atoms with Gasteiger partial charge in [0.15, 0.2) is 0 Å². The maximum absolute atomic E-state index is 13.1. The normalized spacial score (nSPS) is 14.5. The summed E-state index contributed by atoms with van der Waals surface area (Å²) in [6, 6.07) is 14.8. The number of piperazine rings is 1. The molecule has 1 aliphatic rings. The van der Waals surface area contributed by atoms with Crippen molar-refractivity contribution in [1.29, 1.82) is 0 Å². The van der Waals surface area contributed by atoms with E-state index in [9.17, 15) is 34.8 Å². The van der Waals surface area contributed by atoms with Crippen molar-refractivity contribution in [1.82, 2.24) is 14.2 Å². The molecule has 9 nitrogen and oxygen atoms in total. The molecule has 0 radical (unpaired) electrons. The number of halogens is 6. The Morgan fingerprint density at radius 1 is 0.875 bits per heavy atom. The number of carboxylic acids is 2. The zero-order valence-corrected chi connectivity index (χ0v) is 21.6. The number of carbonyl (C=O) groups is 2. The van der Waals surface area contributed by atoms with Crippen LogP contribution in [0.15, 0.2) is 59.6 Å². The third-order valence-corrected chi connectivity index (χ3v) is 7.16. The highest BCUT2D eigenvalue weighted by Crippen LogP contribution is 2.26. The molecule has 3 N–H and O–H groups in total. The van der Waals surface area contributed by atoms with Crippen LogP contribution in [-0.2, 0) is 26.2 Å². The van der Waals surface area contributed by atoms with Crippen LogP contribution >= 0.6 is 0 Å². The molecule has 0 spiro atoms. The van der Waals surface area contributed by atoms with Crippen LogP contribution in [-0.4, -0.2) is 78.0 Å². The van der Waals surface area contributed by atoms with Gasteiger partial charge in [-0.05, 0) is 36.8 Å². The van der Waals surface area contributed by atoms with Crippen LogP contribution in [0, 0.1) is 6.92 Å². The molecule has 2 aromatic carbocycles. The van der Waals surface area contributed by atoms with E-state index in [1.165, 1.54) is 9.54 Å². The Labute approximate surface area is 224 Å². The molecular formula is C24H25F6N3O6S. The van der Waals surface area contributed by atoms with Crippen LogP contribution in [0.3, 0.4) is 0 Å². The molecule has 16 heteroatoms. The molecule has 1 aromatic heterocycles. The van der Waals surface area contributed by atoms with Gasteiger partial charge in [-0.25, -0.2) is 22.0 Å². The molecule has 0 unspecified atom stereocenters. The Kier molecular flexibility index (Phi) is 10.7. The number of aromatic nitrogens is 1. The second-order valence-electron chi connectivity index (χ2n) is 8.41. The van der Waals surface area contributed by atoms with Crippen molar-refractivity contribution >= 4 is 32.9 Å². The lowest BCUT2D eigenvalue weighted by molar-refractivity contribution is -0.193. The summed E-state index contributed by atoms with van der Waals surface area (Å²) in [5.41, 5.74) is 2.94.